The van der Waals surface area contributed by atoms with E-state index < -0.39 is 24.2 Å². The Kier molecular flexibility index (Phi) is 49.0. The molecule has 0 bridgehead atoms. The van der Waals surface area contributed by atoms with Crippen molar-refractivity contribution in [1.82, 2.24) is 5.32 Å². The minimum atomic E-state index is -1.08. The lowest BCUT2D eigenvalue weighted by Gasteiger charge is -2.23. The molecule has 352 valence electrons. The highest BCUT2D eigenvalue weighted by Crippen LogP contribution is 2.18. The molecule has 59 heavy (non-hydrogen) atoms. The van der Waals surface area contributed by atoms with Gasteiger partial charge in [0.15, 0.2) is 0 Å². The number of allylic oxidation sites excluding steroid dienone is 2. The lowest BCUT2D eigenvalue weighted by molar-refractivity contribution is -0.131. The molecule has 4 N–H and O–H groups in total. The van der Waals surface area contributed by atoms with Gasteiger partial charge in [-0.15, -0.1) is 0 Å². The first-order valence-corrected chi connectivity index (χ1v) is 27.0. The fourth-order valence-corrected chi connectivity index (χ4v) is 8.66. The van der Waals surface area contributed by atoms with E-state index in [-0.39, 0.29) is 6.61 Å². The molecule has 1 amide bonds. The van der Waals surface area contributed by atoms with Crippen LogP contribution < -0.4 is 5.32 Å². The zero-order valence-corrected chi connectivity index (χ0v) is 40.2. The third kappa shape index (κ3) is 44.9. The Bertz CT molecular complexity index is 833. The zero-order chi connectivity index (χ0) is 43.0. The maximum Gasteiger partial charge on any atom is 0.249 e. The zero-order valence-electron chi connectivity index (χ0n) is 40.2. The van der Waals surface area contributed by atoms with Crippen molar-refractivity contribution < 1.29 is 20.1 Å². The molecule has 0 aliphatic rings. The van der Waals surface area contributed by atoms with Crippen molar-refractivity contribution in [2.24, 2.45) is 0 Å². The van der Waals surface area contributed by atoms with Crippen LogP contribution in [0.15, 0.2) is 12.2 Å². The first kappa shape index (κ1) is 58.1. The molecule has 3 unspecified atom stereocenters. The van der Waals surface area contributed by atoms with E-state index in [0.717, 1.165) is 32.1 Å². The van der Waals surface area contributed by atoms with Crippen molar-refractivity contribution in [2.75, 3.05) is 6.61 Å². The van der Waals surface area contributed by atoms with Crippen LogP contribution in [0.25, 0.3) is 0 Å². The number of nitrogens with one attached hydrogen (secondary N) is 1. The molecule has 5 nitrogen and oxygen atoms in total. The van der Waals surface area contributed by atoms with E-state index in [1.807, 2.05) is 0 Å². The summed E-state index contributed by atoms with van der Waals surface area (Å²) in [4.78, 5) is 12.5. The van der Waals surface area contributed by atoms with Crippen molar-refractivity contribution in [3.63, 3.8) is 0 Å². The minimum Gasteiger partial charge on any atom is -0.394 e. The number of carbonyl (C=O) groups excluding carboxylic acids is 1. The third-order valence-electron chi connectivity index (χ3n) is 12.9. The van der Waals surface area contributed by atoms with Crippen LogP contribution in [-0.4, -0.2) is 46.1 Å². The number of amides is 1. The second-order valence-electron chi connectivity index (χ2n) is 18.8. The van der Waals surface area contributed by atoms with Crippen LogP contribution in [0.4, 0.5) is 0 Å². The predicted molar refractivity (Wildman–Crippen MR) is 259 cm³/mol. The maximum atomic E-state index is 12.5. The number of aliphatic hydroxyl groups excluding tert-OH is 3. The summed E-state index contributed by atoms with van der Waals surface area (Å²) >= 11 is 0. The highest BCUT2D eigenvalue weighted by molar-refractivity contribution is 5.80. The predicted octanol–water partition coefficient (Wildman–Crippen LogP) is 16.3. The molecule has 0 fully saturated rings. The van der Waals surface area contributed by atoms with Gasteiger partial charge in [-0.2, -0.15) is 0 Å². The Balaban J connectivity index is 3.53. The van der Waals surface area contributed by atoms with E-state index in [1.54, 1.807) is 0 Å². The molecular formula is C54H107NO4. The van der Waals surface area contributed by atoms with Crippen molar-refractivity contribution in [3.8, 4) is 0 Å². The first-order chi connectivity index (χ1) is 29.1. The fraction of sp³-hybridized carbons (Fsp3) is 0.944. The van der Waals surface area contributed by atoms with Gasteiger partial charge in [-0.3, -0.25) is 4.79 Å². The molecule has 0 rings (SSSR count). The summed E-state index contributed by atoms with van der Waals surface area (Å²) in [5.74, 6) is -0.470. The normalized spacial score (nSPS) is 13.4. The standard InChI is InChI=1S/C54H107NO4/c1-3-5-7-9-11-13-15-17-19-21-23-25-26-27-28-29-31-32-34-36-38-40-42-44-46-48-52(57)51(50-56)55-54(59)53(58)49-47-45-43-41-39-37-35-33-30-24-22-20-18-16-14-12-10-8-6-4-2/h30,33,51-53,56-58H,3-29,31-32,34-50H2,1-2H3,(H,55,59)/b33-30-. The largest absolute Gasteiger partial charge is 0.394 e. The molecule has 3 atom stereocenters. The quantitative estimate of drug-likeness (QED) is 0.0363. The SMILES string of the molecule is CCCCCCCCCCCC/C=C\CCCCCCCCC(O)C(=O)NC(CO)C(O)CCCCCCCCCCCCCCCCCCCCCCCCCCC. The van der Waals surface area contributed by atoms with Gasteiger partial charge in [0.1, 0.15) is 6.10 Å². The Labute approximate surface area is 369 Å². The van der Waals surface area contributed by atoms with Gasteiger partial charge >= 0.3 is 0 Å². The van der Waals surface area contributed by atoms with Gasteiger partial charge in [-0.1, -0.05) is 276 Å². The third-order valence-corrected chi connectivity index (χ3v) is 12.9. The topological polar surface area (TPSA) is 89.8 Å². The second-order valence-corrected chi connectivity index (χ2v) is 18.8. The molecule has 0 aromatic rings. The van der Waals surface area contributed by atoms with Crippen LogP contribution in [0.2, 0.25) is 0 Å². The van der Waals surface area contributed by atoms with E-state index in [9.17, 15) is 20.1 Å². The Hall–Kier alpha value is -0.910. The van der Waals surface area contributed by atoms with Crippen LogP contribution in [0.1, 0.15) is 303 Å². The van der Waals surface area contributed by atoms with Crippen LogP contribution >= 0.6 is 0 Å². The van der Waals surface area contributed by atoms with Crippen LogP contribution in [-0.2, 0) is 4.79 Å². The van der Waals surface area contributed by atoms with Crippen LogP contribution in [0.5, 0.6) is 0 Å². The Morgan fingerprint density at radius 3 is 0.932 bits per heavy atom. The molecule has 0 aromatic heterocycles. The Morgan fingerprint density at radius 1 is 0.390 bits per heavy atom. The lowest BCUT2D eigenvalue weighted by Crippen LogP contribution is -2.49. The smallest absolute Gasteiger partial charge is 0.249 e. The average molecular weight is 834 g/mol. The van der Waals surface area contributed by atoms with Crippen molar-refractivity contribution in [3.05, 3.63) is 12.2 Å². The van der Waals surface area contributed by atoms with Gasteiger partial charge in [0.25, 0.3) is 0 Å². The lowest BCUT2D eigenvalue weighted by atomic mass is 10.0. The van der Waals surface area contributed by atoms with Gasteiger partial charge in [0.2, 0.25) is 5.91 Å². The van der Waals surface area contributed by atoms with Crippen molar-refractivity contribution in [2.45, 2.75) is 321 Å². The number of carbonyl (C=O) groups is 1. The molecule has 0 aliphatic heterocycles. The molecule has 0 heterocycles. The van der Waals surface area contributed by atoms with E-state index in [1.165, 1.54) is 244 Å². The number of hydrogen-bond acceptors (Lipinski definition) is 4. The Morgan fingerprint density at radius 2 is 0.644 bits per heavy atom. The summed E-state index contributed by atoms with van der Waals surface area (Å²) in [7, 11) is 0. The first-order valence-electron chi connectivity index (χ1n) is 27.0. The summed E-state index contributed by atoms with van der Waals surface area (Å²) in [6.45, 7) is 4.27. The summed E-state index contributed by atoms with van der Waals surface area (Å²) in [6.07, 6.45) is 61.0. The van der Waals surface area contributed by atoms with Gasteiger partial charge in [-0.25, -0.2) is 0 Å². The maximum absolute atomic E-state index is 12.5. The fourth-order valence-electron chi connectivity index (χ4n) is 8.66. The molecule has 0 aromatic carbocycles. The molecule has 0 radical (unpaired) electrons. The van der Waals surface area contributed by atoms with E-state index in [0.29, 0.717) is 12.8 Å². The second kappa shape index (κ2) is 49.7. The average Bonchev–Trinajstić information content (AvgIpc) is 3.24. The molecule has 0 spiro atoms. The van der Waals surface area contributed by atoms with Crippen LogP contribution in [0, 0.1) is 0 Å². The minimum absolute atomic E-state index is 0.312. The molecule has 0 aliphatic carbocycles. The van der Waals surface area contributed by atoms with E-state index in [2.05, 4.69) is 31.3 Å². The van der Waals surface area contributed by atoms with Crippen molar-refractivity contribution in [1.29, 1.82) is 0 Å². The summed E-state index contributed by atoms with van der Waals surface area (Å²) in [5.41, 5.74) is 0. The molecule has 0 saturated heterocycles. The highest BCUT2D eigenvalue weighted by atomic mass is 16.3. The van der Waals surface area contributed by atoms with Crippen LogP contribution in [0.3, 0.4) is 0 Å². The van der Waals surface area contributed by atoms with Gasteiger partial charge in [0, 0.05) is 0 Å². The van der Waals surface area contributed by atoms with Crippen molar-refractivity contribution >= 4 is 5.91 Å². The summed E-state index contributed by atoms with van der Waals surface area (Å²) in [5, 5.41) is 33.5. The van der Waals surface area contributed by atoms with Gasteiger partial charge in [-0.05, 0) is 38.5 Å². The molecule has 0 saturated carbocycles. The monoisotopic (exact) mass is 834 g/mol. The number of hydrogen-bond donors (Lipinski definition) is 4. The molecule has 5 heteroatoms. The summed E-state index contributed by atoms with van der Waals surface area (Å²) in [6, 6.07) is -0.713. The van der Waals surface area contributed by atoms with E-state index >= 15 is 0 Å². The summed E-state index contributed by atoms with van der Waals surface area (Å²) < 4.78 is 0. The number of rotatable bonds is 50. The molecular weight excluding hydrogens is 727 g/mol. The highest BCUT2D eigenvalue weighted by Gasteiger charge is 2.23. The van der Waals surface area contributed by atoms with Gasteiger partial charge < -0.3 is 20.6 Å². The number of aliphatic hydroxyl groups is 3. The van der Waals surface area contributed by atoms with Gasteiger partial charge in [0.05, 0.1) is 18.8 Å². The van der Waals surface area contributed by atoms with E-state index in [4.69, 9.17) is 0 Å². The number of unbranched alkanes of at least 4 members (excludes halogenated alkanes) is 40.